The van der Waals surface area contributed by atoms with E-state index in [9.17, 15) is 10.2 Å². The number of benzene rings is 2. The Morgan fingerprint density at radius 3 is 2.05 bits per heavy atom. The van der Waals surface area contributed by atoms with Crippen molar-refractivity contribution < 1.29 is 10.2 Å². The largest absolute Gasteiger partial charge is 0.508 e. The fraction of sp³-hybridized carbons (Fsp3) is 0.400. The first kappa shape index (κ1) is 15.0. The lowest BCUT2D eigenvalue weighted by molar-refractivity contribution is 0.320. The number of phenols is 2. The van der Waals surface area contributed by atoms with Gasteiger partial charge in [0, 0.05) is 0 Å². The van der Waals surface area contributed by atoms with Gasteiger partial charge in [-0.25, -0.2) is 0 Å². The molecule has 116 valence electrons. The van der Waals surface area contributed by atoms with Gasteiger partial charge < -0.3 is 10.2 Å². The van der Waals surface area contributed by atoms with Gasteiger partial charge in [-0.1, -0.05) is 38.1 Å². The lowest BCUT2D eigenvalue weighted by atomic mass is 9.80. The summed E-state index contributed by atoms with van der Waals surface area (Å²) in [7, 11) is 0. The molecule has 2 N–H and O–H groups in total. The average molecular weight is 296 g/mol. The topological polar surface area (TPSA) is 40.5 Å². The lowest BCUT2D eigenvalue weighted by Gasteiger charge is -2.24. The van der Waals surface area contributed by atoms with Gasteiger partial charge in [0.15, 0.2) is 0 Å². The third kappa shape index (κ3) is 3.11. The maximum absolute atomic E-state index is 9.46. The Balaban J connectivity index is 1.76. The summed E-state index contributed by atoms with van der Waals surface area (Å²) in [4.78, 5) is 0. The molecule has 3 unspecified atom stereocenters. The molecule has 0 amide bonds. The molecule has 3 rings (SSSR count). The zero-order chi connectivity index (χ0) is 15.7. The lowest BCUT2D eigenvalue weighted by Crippen LogP contribution is -2.15. The normalized spacial score (nSPS) is 27.9. The molecule has 0 spiro atoms. The van der Waals surface area contributed by atoms with E-state index in [1.807, 2.05) is 12.1 Å². The molecule has 2 aromatic carbocycles. The van der Waals surface area contributed by atoms with E-state index in [0.29, 0.717) is 28.7 Å². The summed E-state index contributed by atoms with van der Waals surface area (Å²) < 4.78 is 0. The van der Waals surface area contributed by atoms with Crippen molar-refractivity contribution in [1.29, 1.82) is 0 Å². The van der Waals surface area contributed by atoms with Gasteiger partial charge in [-0.2, -0.15) is 0 Å². The van der Waals surface area contributed by atoms with E-state index in [-0.39, 0.29) is 0 Å². The molecule has 3 atom stereocenters. The third-order valence-electron chi connectivity index (χ3n) is 5.10. The Labute approximate surface area is 132 Å². The van der Waals surface area contributed by atoms with Crippen LogP contribution in [0.15, 0.2) is 48.5 Å². The smallest absolute Gasteiger partial charge is 0.115 e. The van der Waals surface area contributed by atoms with Gasteiger partial charge in [0.2, 0.25) is 0 Å². The molecule has 22 heavy (non-hydrogen) atoms. The molecule has 1 aliphatic rings. The second-order valence-corrected chi connectivity index (χ2v) is 7.24. The highest BCUT2D eigenvalue weighted by molar-refractivity contribution is 5.31. The minimum Gasteiger partial charge on any atom is -0.508 e. The van der Waals surface area contributed by atoms with Gasteiger partial charge in [0.25, 0.3) is 0 Å². The van der Waals surface area contributed by atoms with Gasteiger partial charge in [-0.3, -0.25) is 0 Å². The molecule has 2 heteroatoms. The number of rotatable bonds is 3. The van der Waals surface area contributed by atoms with Crippen molar-refractivity contribution in [2.75, 3.05) is 0 Å². The Morgan fingerprint density at radius 2 is 1.45 bits per heavy atom. The minimum atomic E-state index is 0.291. The molecular formula is C20H24O2. The van der Waals surface area contributed by atoms with Gasteiger partial charge >= 0.3 is 0 Å². The van der Waals surface area contributed by atoms with Crippen LogP contribution in [0.1, 0.15) is 43.7 Å². The van der Waals surface area contributed by atoms with Crippen LogP contribution in [0.5, 0.6) is 11.5 Å². The summed E-state index contributed by atoms with van der Waals surface area (Å²) in [6.45, 7) is 4.70. The molecule has 0 aromatic heterocycles. The number of phenolic OH excluding ortho intramolecular Hbond substituents is 2. The predicted molar refractivity (Wildman–Crippen MR) is 89.2 cm³/mol. The average Bonchev–Trinajstić information content (AvgIpc) is 2.77. The summed E-state index contributed by atoms with van der Waals surface area (Å²) in [5.74, 6) is 1.87. The van der Waals surface area contributed by atoms with Crippen LogP contribution in [0, 0.1) is 11.3 Å². The zero-order valence-electron chi connectivity index (χ0n) is 13.3. The van der Waals surface area contributed by atoms with Crippen LogP contribution in [0.3, 0.4) is 0 Å². The van der Waals surface area contributed by atoms with Gasteiger partial charge in [-0.05, 0) is 71.9 Å². The standard InChI is InChI=1S/C20H24O2/c1-14-11-20(2,12-15-3-7-17(21)8-4-15)13-19(14)16-5-9-18(22)10-6-16/h3-10,14,19,21-22H,11-13H2,1-2H3. The van der Waals surface area contributed by atoms with E-state index >= 15 is 0 Å². The molecule has 0 heterocycles. The quantitative estimate of drug-likeness (QED) is 0.849. The number of aromatic hydroxyl groups is 2. The van der Waals surface area contributed by atoms with Crippen LogP contribution in [-0.2, 0) is 6.42 Å². The molecule has 2 aromatic rings. The van der Waals surface area contributed by atoms with Crippen molar-refractivity contribution in [3.8, 4) is 11.5 Å². The first-order valence-electron chi connectivity index (χ1n) is 8.02. The second-order valence-electron chi connectivity index (χ2n) is 7.24. The molecule has 0 radical (unpaired) electrons. The fourth-order valence-corrected chi connectivity index (χ4v) is 4.15. The monoisotopic (exact) mass is 296 g/mol. The second kappa shape index (κ2) is 5.68. The maximum Gasteiger partial charge on any atom is 0.115 e. The third-order valence-corrected chi connectivity index (χ3v) is 5.10. The minimum absolute atomic E-state index is 0.291. The molecule has 1 aliphatic carbocycles. The number of hydrogen-bond acceptors (Lipinski definition) is 2. The van der Waals surface area contributed by atoms with Crippen LogP contribution < -0.4 is 0 Å². The molecule has 2 nitrogen and oxygen atoms in total. The highest BCUT2D eigenvalue weighted by Crippen LogP contribution is 2.51. The molecule has 0 aliphatic heterocycles. The van der Waals surface area contributed by atoms with Crippen molar-refractivity contribution in [1.82, 2.24) is 0 Å². The van der Waals surface area contributed by atoms with Crippen molar-refractivity contribution in [3.05, 3.63) is 59.7 Å². The van der Waals surface area contributed by atoms with Crippen LogP contribution in [0.2, 0.25) is 0 Å². The summed E-state index contributed by atoms with van der Waals surface area (Å²) in [5.41, 5.74) is 2.91. The first-order chi connectivity index (χ1) is 10.5. The van der Waals surface area contributed by atoms with Crippen LogP contribution in [-0.4, -0.2) is 10.2 Å². The summed E-state index contributed by atoms with van der Waals surface area (Å²) >= 11 is 0. The van der Waals surface area contributed by atoms with Gasteiger partial charge in [-0.15, -0.1) is 0 Å². The maximum atomic E-state index is 9.46. The van der Waals surface area contributed by atoms with Crippen molar-refractivity contribution in [3.63, 3.8) is 0 Å². The molecule has 1 fully saturated rings. The van der Waals surface area contributed by atoms with E-state index in [1.165, 1.54) is 24.0 Å². The highest BCUT2D eigenvalue weighted by Gasteiger charge is 2.40. The van der Waals surface area contributed by atoms with Crippen molar-refractivity contribution >= 4 is 0 Å². The molecule has 0 saturated heterocycles. The summed E-state index contributed by atoms with van der Waals surface area (Å²) in [6.07, 6.45) is 3.42. The Bertz CT molecular complexity index is 630. The summed E-state index contributed by atoms with van der Waals surface area (Å²) in [5, 5.41) is 18.9. The van der Waals surface area contributed by atoms with E-state index < -0.39 is 0 Å². The first-order valence-corrected chi connectivity index (χ1v) is 8.02. The zero-order valence-corrected chi connectivity index (χ0v) is 13.3. The Morgan fingerprint density at radius 1 is 0.909 bits per heavy atom. The van der Waals surface area contributed by atoms with E-state index in [1.54, 1.807) is 24.3 Å². The molecule has 1 saturated carbocycles. The van der Waals surface area contributed by atoms with Crippen LogP contribution in [0.4, 0.5) is 0 Å². The van der Waals surface area contributed by atoms with Gasteiger partial charge in [0.05, 0.1) is 0 Å². The van der Waals surface area contributed by atoms with Gasteiger partial charge in [0.1, 0.15) is 11.5 Å². The van der Waals surface area contributed by atoms with Crippen LogP contribution >= 0.6 is 0 Å². The SMILES string of the molecule is CC1CC(C)(Cc2ccc(O)cc2)CC1c1ccc(O)cc1. The molecule has 0 bridgehead atoms. The van der Waals surface area contributed by atoms with E-state index in [4.69, 9.17) is 0 Å². The predicted octanol–water partition coefficient (Wildman–Crippen LogP) is 4.86. The highest BCUT2D eigenvalue weighted by atomic mass is 16.3. The van der Waals surface area contributed by atoms with Crippen molar-refractivity contribution in [2.24, 2.45) is 11.3 Å². The molecular weight excluding hydrogens is 272 g/mol. The van der Waals surface area contributed by atoms with Crippen LogP contribution in [0.25, 0.3) is 0 Å². The van der Waals surface area contributed by atoms with Crippen molar-refractivity contribution in [2.45, 2.75) is 39.0 Å². The Hall–Kier alpha value is -1.96. The Kier molecular flexibility index (Phi) is 3.86. The fourth-order valence-electron chi connectivity index (χ4n) is 4.15. The summed E-state index contributed by atoms with van der Waals surface area (Å²) in [6, 6.07) is 15.3. The number of hydrogen-bond donors (Lipinski definition) is 2. The van der Waals surface area contributed by atoms with E-state index in [0.717, 1.165) is 6.42 Å². The van der Waals surface area contributed by atoms with E-state index in [2.05, 4.69) is 26.0 Å².